The molecule has 0 aliphatic heterocycles. The van der Waals surface area contributed by atoms with Gasteiger partial charge in [0.2, 0.25) is 11.7 Å². The zero-order valence-corrected chi connectivity index (χ0v) is 17.5. The molecule has 6 nitrogen and oxygen atoms in total. The average molecular weight is 416 g/mol. The van der Waals surface area contributed by atoms with Crippen molar-refractivity contribution in [3.63, 3.8) is 0 Å². The van der Waals surface area contributed by atoms with Crippen molar-refractivity contribution in [1.29, 1.82) is 0 Å². The molecular weight excluding hydrogens is 394 g/mol. The molecule has 1 N–H and O–H groups in total. The molecular formula is C20H21N3O3S2. The first-order valence-electron chi connectivity index (χ1n) is 8.73. The molecule has 1 aromatic carbocycles. The smallest absolute Gasteiger partial charge is 0.293 e. The van der Waals surface area contributed by atoms with E-state index in [1.54, 1.807) is 12.4 Å². The van der Waals surface area contributed by atoms with Crippen molar-refractivity contribution < 1.29 is 14.0 Å². The molecule has 0 unspecified atom stereocenters. The van der Waals surface area contributed by atoms with E-state index < -0.39 is 11.7 Å². The number of oxazole rings is 1. The van der Waals surface area contributed by atoms with Crippen LogP contribution in [-0.2, 0) is 27.2 Å². The number of nitrogens with one attached hydrogen (secondary N) is 1. The van der Waals surface area contributed by atoms with Crippen molar-refractivity contribution in [2.45, 2.75) is 42.6 Å². The Bertz CT molecular complexity index is 958. The van der Waals surface area contributed by atoms with Gasteiger partial charge in [0.15, 0.2) is 5.13 Å². The first-order valence-corrected chi connectivity index (χ1v) is 10.5. The predicted molar refractivity (Wildman–Crippen MR) is 111 cm³/mol. The fourth-order valence-electron chi connectivity index (χ4n) is 2.27. The lowest BCUT2D eigenvalue weighted by Crippen LogP contribution is -2.24. The van der Waals surface area contributed by atoms with Crippen molar-refractivity contribution >= 4 is 39.9 Å². The van der Waals surface area contributed by atoms with Gasteiger partial charge >= 0.3 is 0 Å². The zero-order chi connectivity index (χ0) is 20.1. The first kappa shape index (κ1) is 20.3. The summed E-state index contributed by atoms with van der Waals surface area (Å²) in [4.78, 5) is 32.6. The third-order valence-electron chi connectivity index (χ3n) is 3.80. The molecule has 0 aliphatic rings. The van der Waals surface area contributed by atoms with Crippen LogP contribution < -0.4 is 5.32 Å². The molecule has 28 heavy (non-hydrogen) atoms. The van der Waals surface area contributed by atoms with Crippen LogP contribution in [0.5, 0.6) is 0 Å². The molecule has 2 aromatic heterocycles. The summed E-state index contributed by atoms with van der Waals surface area (Å²) in [5, 5.41) is 2.97. The van der Waals surface area contributed by atoms with Crippen molar-refractivity contribution in [2.24, 2.45) is 0 Å². The highest BCUT2D eigenvalue weighted by Gasteiger charge is 2.20. The van der Waals surface area contributed by atoms with Crippen LogP contribution in [0.1, 0.15) is 38.0 Å². The maximum Gasteiger partial charge on any atom is 0.293 e. The second-order valence-corrected chi connectivity index (χ2v) is 9.49. The molecule has 0 bridgehead atoms. The van der Waals surface area contributed by atoms with E-state index in [0.29, 0.717) is 16.8 Å². The number of Topliss-reactive ketones (excluding diaryl/α,β-unsaturated/α-hetero) is 1. The van der Waals surface area contributed by atoms with Gasteiger partial charge in [-0.05, 0) is 5.56 Å². The number of carbonyl (C=O) groups is 2. The van der Waals surface area contributed by atoms with Crippen LogP contribution in [0.2, 0.25) is 0 Å². The maximum absolute atomic E-state index is 12.1. The average Bonchev–Trinajstić information content (AvgIpc) is 3.30. The van der Waals surface area contributed by atoms with Crippen molar-refractivity contribution in [2.75, 3.05) is 5.32 Å². The number of hydrogen-bond donors (Lipinski definition) is 1. The Morgan fingerprint density at radius 1 is 1.14 bits per heavy atom. The molecule has 8 heteroatoms. The summed E-state index contributed by atoms with van der Waals surface area (Å²) >= 11 is 2.83. The van der Waals surface area contributed by atoms with E-state index in [-0.39, 0.29) is 11.8 Å². The summed E-state index contributed by atoms with van der Waals surface area (Å²) in [5.41, 5.74) is 0.725. The van der Waals surface area contributed by atoms with Gasteiger partial charge in [-0.1, -0.05) is 62.4 Å². The van der Waals surface area contributed by atoms with Gasteiger partial charge in [-0.2, -0.15) is 0 Å². The molecule has 0 fully saturated rings. The monoisotopic (exact) mass is 415 g/mol. The molecule has 3 rings (SSSR count). The minimum Gasteiger partial charge on any atom is -0.444 e. The number of aromatic nitrogens is 2. The number of thiazole rings is 1. The highest BCUT2D eigenvalue weighted by atomic mass is 32.2. The Morgan fingerprint density at radius 3 is 2.57 bits per heavy atom. The van der Waals surface area contributed by atoms with E-state index in [1.165, 1.54) is 23.1 Å². The SMILES string of the molecule is CC(C)(C)c1cnc(CSc2cnc(NC(=O)C(=O)Cc3ccccc3)s2)o1. The van der Waals surface area contributed by atoms with Gasteiger partial charge in [0.05, 0.1) is 22.4 Å². The van der Waals surface area contributed by atoms with Gasteiger partial charge in [0.25, 0.3) is 5.91 Å². The van der Waals surface area contributed by atoms with Crippen LogP contribution in [0.4, 0.5) is 5.13 Å². The summed E-state index contributed by atoms with van der Waals surface area (Å²) in [6.45, 7) is 6.21. The highest BCUT2D eigenvalue weighted by Crippen LogP contribution is 2.31. The summed E-state index contributed by atoms with van der Waals surface area (Å²) in [6, 6.07) is 9.17. The van der Waals surface area contributed by atoms with Crippen molar-refractivity contribution in [1.82, 2.24) is 9.97 Å². The van der Waals surface area contributed by atoms with Crippen molar-refractivity contribution in [3.8, 4) is 0 Å². The lowest BCUT2D eigenvalue weighted by molar-refractivity contribution is -0.134. The van der Waals surface area contributed by atoms with Gasteiger partial charge < -0.3 is 4.42 Å². The van der Waals surface area contributed by atoms with Crippen LogP contribution in [0.25, 0.3) is 0 Å². The summed E-state index contributed by atoms with van der Waals surface area (Å²) in [6.07, 6.45) is 3.49. The molecule has 0 spiro atoms. The van der Waals surface area contributed by atoms with Crippen LogP contribution in [-0.4, -0.2) is 21.7 Å². The number of anilines is 1. The quantitative estimate of drug-likeness (QED) is 0.453. The molecule has 0 aliphatic carbocycles. The third-order valence-corrected chi connectivity index (χ3v) is 5.89. The minimum absolute atomic E-state index is 0.0694. The van der Waals surface area contributed by atoms with Gasteiger partial charge in [0.1, 0.15) is 5.76 Å². The number of ketones is 1. The number of nitrogens with zero attached hydrogens (tertiary/aromatic N) is 2. The fourth-order valence-corrected chi connectivity index (χ4v) is 3.99. The standard InChI is InChI=1S/C20H21N3O3S2/c1-20(2,3)15-10-21-16(26-15)12-27-17-11-22-19(28-17)23-18(25)14(24)9-13-7-5-4-6-8-13/h4-8,10-11H,9,12H2,1-3H3,(H,22,23,25). The number of rotatable bonds is 7. The lowest BCUT2D eigenvalue weighted by atomic mass is 9.94. The number of carbonyl (C=O) groups excluding carboxylic acids is 2. The second-order valence-electron chi connectivity index (χ2n) is 7.18. The van der Waals surface area contributed by atoms with Gasteiger partial charge in [0, 0.05) is 11.8 Å². The first-order chi connectivity index (χ1) is 13.3. The van der Waals surface area contributed by atoms with Crippen molar-refractivity contribution in [3.05, 3.63) is 59.9 Å². The van der Waals surface area contributed by atoms with E-state index in [2.05, 4.69) is 36.1 Å². The number of hydrogen-bond acceptors (Lipinski definition) is 7. The number of amides is 1. The Balaban J connectivity index is 1.51. The van der Waals surface area contributed by atoms with E-state index in [9.17, 15) is 9.59 Å². The zero-order valence-electron chi connectivity index (χ0n) is 15.9. The normalized spacial score (nSPS) is 11.4. The fraction of sp³-hybridized carbons (Fsp3) is 0.300. The van der Waals surface area contributed by atoms with Crippen LogP contribution >= 0.6 is 23.1 Å². The van der Waals surface area contributed by atoms with Crippen LogP contribution in [0.15, 0.2) is 51.4 Å². The number of thioether (sulfide) groups is 1. The molecule has 1 amide bonds. The van der Waals surface area contributed by atoms with E-state index in [4.69, 9.17) is 4.42 Å². The van der Waals surface area contributed by atoms with Gasteiger partial charge in [-0.3, -0.25) is 14.9 Å². The topological polar surface area (TPSA) is 85.1 Å². The summed E-state index contributed by atoms with van der Waals surface area (Å²) < 4.78 is 6.67. The van der Waals surface area contributed by atoms with E-state index >= 15 is 0 Å². The molecule has 0 atom stereocenters. The predicted octanol–water partition coefficient (Wildman–Crippen LogP) is 4.47. The largest absolute Gasteiger partial charge is 0.444 e. The number of benzene rings is 1. The summed E-state index contributed by atoms with van der Waals surface area (Å²) in [7, 11) is 0. The molecule has 0 saturated heterocycles. The second kappa shape index (κ2) is 8.70. The Hall–Kier alpha value is -2.45. The Morgan fingerprint density at radius 2 is 1.89 bits per heavy atom. The molecule has 0 radical (unpaired) electrons. The van der Waals surface area contributed by atoms with Gasteiger partial charge in [-0.15, -0.1) is 11.8 Å². The minimum atomic E-state index is -0.655. The molecule has 3 aromatic rings. The summed E-state index contributed by atoms with van der Waals surface area (Å²) in [5.74, 6) is 0.908. The third kappa shape index (κ3) is 5.53. The highest BCUT2D eigenvalue weighted by molar-refractivity contribution is 8.00. The van der Waals surface area contributed by atoms with Crippen LogP contribution in [0, 0.1) is 0 Å². The van der Waals surface area contributed by atoms with Gasteiger partial charge in [-0.25, -0.2) is 9.97 Å². The van der Waals surface area contributed by atoms with E-state index in [0.717, 1.165) is 15.5 Å². The Labute approximate surface area is 171 Å². The van der Waals surface area contributed by atoms with E-state index in [1.807, 2.05) is 30.3 Å². The molecule has 146 valence electrons. The lowest BCUT2D eigenvalue weighted by Gasteiger charge is -2.12. The molecule has 0 saturated carbocycles. The Kier molecular flexibility index (Phi) is 6.31. The maximum atomic E-state index is 12.1. The molecule has 2 heterocycles. The van der Waals surface area contributed by atoms with Crippen LogP contribution in [0.3, 0.4) is 0 Å².